The molecule has 1 fully saturated rings. The van der Waals surface area contributed by atoms with Crippen molar-refractivity contribution in [3.8, 4) is 0 Å². The molecule has 0 unspecified atom stereocenters. The lowest BCUT2D eigenvalue weighted by Crippen LogP contribution is -2.40. The van der Waals surface area contributed by atoms with Crippen molar-refractivity contribution in [2.75, 3.05) is 0 Å². The van der Waals surface area contributed by atoms with E-state index >= 15 is 0 Å². The third-order valence-electron chi connectivity index (χ3n) is 2.87. The van der Waals surface area contributed by atoms with Crippen LogP contribution >= 0.6 is 11.6 Å². The highest BCUT2D eigenvalue weighted by molar-refractivity contribution is 6.30. The summed E-state index contributed by atoms with van der Waals surface area (Å²) in [5.74, 6) is 0. The summed E-state index contributed by atoms with van der Waals surface area (Å²) in [5.41, 5.74) is 1.16. The molecule has 1 heterocycles. The van der Waals surface area contributed by atoms with E-state index in [9.17, 15) is 5.11 Å². The molecule has 3 heteroatoms. The predicted octanol–water partition coefficient (Wildman–Crippen LogP) is 2.51. The van der Waals surface area contributed by atoms with E-state index in [1.165, 1.54) is 0 Å². The molecule has 0 amide bonds. The van der Waals surface area contributed by atoms with E-state index in [-0.39, 0.29) is 12.1 Å². The molecule has 0 spiro atoms. The van der Waals surface area contributed by atoms with Crippen molar-refractivity contribution in [1.29, 1.82) is 0 Å². The third kappa shape index (κ3) is 2.71. The lowest BCUT2D eigenvalue weighted by atomic mass is 9.92. The fourth-order valence-corrected chi connectivity index (χ4v) is 2.41. The van der Waals surface area contributed by atoms with Crippen LogP contribution in [0.25, 0.3) is 0 Å². The molecule has 0 saturated carbocycles. The molecule has 2 N–H and O–H groups in total. The monoisotopic (exact) mass is 225 g/mol. The van der Waals surface area contributed by atoms with Gasteiger partial charge in [-0.15, -0.1) is 0 Å². The molecule has 1 aromatic carbocycles. The van der Waals surface area contributed by atoms with E-state index in [0.717, 1.165) is 23.4 Å². The average molecular weight is 226 g/mol. The number of piperidine rings is 1. The summed E-state index contributed by atoms with van der Waals surface area (Å²) >= 11 is 5.95. The normalized spacial score (nSPS) is 31.5. The first kappa shape index (κ1) is 10.9. The van der Waals surface area contributed by atoms with Gasteiger partial charge in [-0.2, -0.15) is 0 Å². The minimum Gasteiger partial charge on any atom is -0.393 e. The number of hydrogen-bond donors (Lipinski definition) is 2. The molecule has 82 valence electrons. The van der Waals surface area contributed by atoms with Gasteiger partial charge in [-0.25, -0.2) is 0 Å². The summed E-state index contributed by atoms with van der Waals surface area (Å²) in [4.78, 5) is 0. The van der Waals surface area contributed by atoms with E-state index in [1.54, 1.807) is 0 Å². The van der Waals surface area contributed by atoms with Gasteiger partial charge in [0.25, 0.3) is 0 Å². The Kier molecular flexibility index (Phi) is 3.29. The van der Waals surface area contributed by atoms with Crippen molar-refractivity contribution < 1.29 is 5.11 Å². The SMILES string of the molecule is C[C@H]1C[C@@H](O)C[C@@H](c2cccc(Cl)c2)N1. The first-order chi connectivity index (χ1) is 7.15. The number of hydrogen-bond acceptors (Lipinski definition) is 2. The number of rotatable bonds is 1. The highest BCUT2D eigenvalue weighted by Gasteiger charge is 2.25. The van der Waals surface area contributed by atoms with E-state index < -0.39 is 0 Å². The molecule has 1 aliphatic rings. The third-order valence-corrected chi connectivity index (χ3v) is 3.11. The summed E-state index contributed by atoms with van der Waals surface area (Å²) in [6.07, 6.45) is 1.40. The van der Waals surface area contributed by atoms with Crippen LogP contribution in [0.3, 0.4) is 0 Å². The zero-order chi connectivity index (χ0) is 10.8. The van der Waals surface area contributed by atoms with Crippen LogP contribution in [0.5, 0.6) is 0 Å². The second kappa shape index (κ2) is 4.52. The Bertz CT molecular complexity index is 332. The Labute approximate surface area is 95.3 Å². The van der Waals surface area contributed by atoms with Crippen molar-refractivity contribution in [1.82, 2.24) is 5.32 Å². The maximum Gasteiger partial charge on any atom is 0.0573 e. The number of aliphatic hydroxyl groups excluding tert-OH is 1. The number of nitrogens with one attached hydrogen (secondary N) is 1. The zero-order valence-corrected chi connectivity index (χ0v) is 9.54. The van der Waals surface area contributed by atoms with E-state index in [2.05, 4.69) is 12.2 Å². The maximum absolute atomic E-state index is 9.71. The van der Waals surface area contributed by atoms with E-state index in [1.807, 2.05) is 24.3 Å². The van der Waals surface area contributed by atoms with Gasteiger partial charge >= 0.3 is 0 Å². The van der Waals surface area contributed by atoms with Crippen LogP contribution in [0.15, 0.2) is 24.3 Å². The summed E-state index contributed by atoms with van der Waals surface area (Å²) in [6, 6.07) is 8.41. The molecular weight excluding hydrogens is 210 g/mol. The Morgan fingerprint density at radius 1 is 1.40 bits per heavy atom. The molecule has 0 radical (unpaired) electrons. The largest absolute Gasteiger partial charge is 0.393 e. The molecule has 1 aliphatic heterocycles. The molecule has 3 atom stereocenters. The highest BCUT2D eigenvalue weighted by atomic mass is 35.5. The number of aliphatic hydroxyl groups is 1. The van der Waals surface area contributed by atoms with Crippen LogP contribution in [-0.2, 0) is 0 Å². The number of halogens is 1. The minimum absolute atomic E-state index is 0.203. The van der Waals surface area contributed by atoms with Gasteiger partial charge in [0.05, 0.1) is 6.10 Å². The van der Waals surface area contributed by atoms with Crippen LogP contribution in [0.2, 0.25) is 5.02 Å². The molecule has 1 saturated heterocycles. The van der Waals surface area contributed by atoms with Crippen molar-refractivity contribution in [3.63, 3.8) is 0 Å². The molecule has 2 nitrogen and oxygen atoms in total. The van der Waals surface area contributed by atoms with Crippen molar-refractivity contribution in [2.24, 2.45) is 0 Å². The minimum atomic E-state index is -0.203. The second-order valence-electron chi connectivity index (χ2n) is 4.30. The lowest BCUT2D eigenvalue weighted by molar-refractivity contribution is 0.0975. The highest BCUT2D eigenvalue weighted by Crippen LogP contribution is 2.27. The van der Waals surface area contributed by atoms with Gasteiger partial charge in [0.15, 0.2) is 0 Å². The van der Waals surface area contributed by atoms with Gasteiger partial charge in [0.1, 0.15) is 0 Å². The van der Waals surface area contributed by atoms with Gasteiger partial charge < -0.3 is 10.4 Å². The zero-order valence-electron chi connectivity index (χ0n) is 8.78. The molecule has 0 aromatic heterocycles. The summed E-state index contributed by atoms with van der Waals surface area (Å²) in [5, 5.41) is 13.9. The molecule has 2 rings (SSSR count). The van der Waals surface area contributed by atoms with Crippen LogP contribution < -0.4 is 5.32 Å². The average Bonchev–Trinajstić information content (AvgIpc) is 2.16. The Morgan fingerprint density at radius 2 is 2.20 bits per heavy atom. The van der Waals surface area contributed by atoms with Crippen molar-refractivity contribution in [2.45, 2.75) is 38.0 Å². The van der Waals surface area contributed by atoms with E-state index in [0.29, 0.717) is 6.04 Å². The predicted molar refractivity (Wildman–Crippen MR) is 62.0 cm³/mol. The Balaban J connectivity index is 2.16. The van der Waals surface area contributed by atoms with E-state index in [4.69, 9.17) is 11.6 Å². The lowest BCUT2D eigenvalue weighted by Gasteiger charge is -2.32. The topological polar surface area (TPSA) is 32.3 Å². The molecule has 0 aliphatic carbocycles. The first-order valence-electron chi connectivity index (χ1n) is 5.34. The maximum atomic E-state index is 9.71. The molecular formula is C12H16ClNO. The van der Waals surface area contributed by atoms with Crippen molar-refractivity contribution in [3.05, 3.63) is 34.9 Å². The Morgan fingerprint density at radius 3 is 2.87 bits per heavy atom. The second-order valence-corrected chi connectivity index (χ2v) is 4.74. The van der Waals surface area contributed by atoms with Crippen LogP contribution in [-0.4, -0.2) is 17.3 Å². The molecule has 15 heavy (non-hydrogen) atoms. The van der Waals surface area contributed by atoms with Gasteiger partial charge in [0.2, 0.25) is 0 Å². The van der Waals surface area contributed by atoms with Crippen LogP contribution in [0.1, 0.15) is 31.4 Å². The van der Waals surface area contributed by atoms with Crippen molar-refractivity contribution >= 4 is 11.6 Å². The van der Waals surface area contributed by atoms with Gasteiger partial charge in [-0.3, -0.25) is 0 Å². The van der Waals surface area contributed by atoms with Crippen LogP contribution in [0.4, 0.5) is 0 Å². The molecule has 1 aromatic rings. The van der Waals surface area contributed by atoms with Crippen LogP contribution in [0, 0.1) is 0 Å². The first-order valence-corrected chi connectivity index (χ1v) is 5.72. The fourth-order valence-electron chi connectivity index (χ4n) is 2.21. The van der Waals surface area contributed by atoms with Gasteiger partial charge in [-0.05, 0) is 37.5 Å². The number of benzene rings is 1. The summed E-state index contributed by atoms with van der Waals surface area (Å²) in [6.45, 7) is 2.10. The molecule has 0 bridgehead atoms. The Hall–Kier alpha value is -0.570. The smallest absolute Gasteiger partial charge is 0.0573 e. The standard InChI is InChI=1S/C12H16ClNO/c1-8-5-11(15)7-12(14-8)9-3-2-4-10(13)6-9/h2-4,6,8,11-12,14-15H,5,7H2,1H3/t8-,11+,12-/m0/s1. The summed E-state index contributed by atoms with van der Waals surface area (Å²) < 4.78 is 0. The van der Waals surface area contributed by atoms with Gasteiger partial charge in [-0.1, -0.05) is 23.7 Å². The van der Waals surface area contributed by atoms with Gasteiger partial charge in [0, 0.05) is 17.1 Å². The fraction of sp³-hybridized carbons (Fsp3) is 0.500. The summed E-state index contributed by atoms with van der Waals surface area (Å²) in [7, 11) is 0. The quantitative estimate of drug-likeness (QED) is 0.770.